The van der Waals surface area contributed by atoms with E-state index in [4.69, 9.17) is 9.26 Å². The standard InChI is InChI=1S/C20H19FN4O3/c1-27-16-5-2-4-15(12-16)22-20(26)25-11-3-6-17(25)19-23-18(24-28-19)13-7-9-14(21)10-8-13/h2,4-5,7-10,12,17H,3,6,11H2,1H3,(H,22,26). The summed E-state index contributed by atoms with van der Waals surface area (Å²) in [5.41, 5.74) is 1.30. The highest BCUT2D eigenvalue weighted by Crippen LogP contribution is 2.32. The molecule has 1 aliphatic rings. The second-order valence-electron chi connectivity index (χ2n) is 6.48. The van der Waals surface area contributed by atoms with E-state index in [0.29, 0.717) is 35.3 Å². The molecule has 1 atom stereocenters. The molecule has 0 spiro atoms. The molecule has 1 saturated heterocycles. The molecule has 2 heterocycles. The first-order valence-corrected chi connectivity index (χ1v) is 8.95. The molecule has 144 valence electrons. The fraction of sp³-hybridized carbons (Fsp3) is 0.250. The quantitative estimate of drug-likeness (QED) is 0.729. The van der Waals surface area contributed by atoms with Gasteiger partial charge in [-0.25, -0.2) is 9.18 Å². The van der Waals surface area contributed by atoms with Gasteiger partial charge in [0.1, 0.15) is 17.6 Å². The molecule has 1 fully saturated rings. The van der Waals surface area contributed by atoms with Crippen molar-refractivity contribution in [3.8, 4) is 17.1 Å². The van der Waals surface area contributed by atoms with E-state index in [1.807, 2.05) is 12.1 Å². The van der Waals surface area contributed by atoms with Crippen molar-refractivity contribution >= 4 is 11.7 Å². The number of halogens is 1. The van der Waals surface area contributed by atoms with Crippen LogP contribution in [0, 0.1) is 5.82 Å². The Kier molecular flexibility index (Phi) is 4.92. The average molecular weight is 382 g/mol. The van der Waals surface area contributed by atoms with Gasteiger partial charge in [-0.1, -0.05) is 11.2 Å². The Morgan fingerprint density at radius 2 is 2.11 bits per heavy atom. The van der Waals surface area contributed by atoms with Crippen LogP contribution in [0.5, 0.6) is 5.75 Å². The Morgan fingerprint density at radius 3 is 2.89 bits per heavy atom. The molecular formula is C20H19FN4O3. The molecule has 2 amide bonds. The number of nitrogens with zero attached hydrogens (tertiary/aromatic N) is 3. The van der Waals surface area contributed by atoms with Crippen LogP contribution in [0.3, 0.4) is 0 Å². The molecule has 1 N–H and O–H groups in total. The second-order valence-corrected chi connectivity index (χ2v) is 6.48. The van der Waals surface area contributed by atoms with Crippen molar-refractivity contribution in [2.24, 2.45) is 0 Å². The minimum Gasteiger partial charge on any atom is -0.497 e. The van der Waals surface area contributed by atoms with Crippen molar-refractivity contribution in [2.45, 2.75) is 18.9 Å². The minimum atomic E-state index is -0.330. The number of amides is 2. The van der Waals surface area contributed by atoms with E-state index in [-0.39, 0.29) is 17.9 Å². The number of aromatic nitrogens is 2. The highest BCUT2D eigenvalue weighted by Gasteiger charge is 2.34. The van der Waals surface area contributed by atoms with Crippen molar-refractivity contribution in [1.82, 2.24) is 15.0 Å². The Hall–Kier alpha value is -3.42. The van der Waals surface area contributed by atoms with Gasteiger partial charge in [-0.3, -0.25) is 0 Å². The SMILES string of the molecule is COc1cccc(NC(=O)N2CCCC2c2nc(-c3ccc(F)cc3)no2)c1. The number of rotatable bonds is 4. The summed E-state index contributed by atoms with van der Waals surface area (Å²) in [6, 6.07) is 12.5. The average Bonchev–Trinajstić information content (AvgIpc) is 3.38. The molecule has 4 rings (SSSR count). The number of likely N-dealkylation sites (tertiary alicyclic amines) is 1. The fourth-order valence-corrected chi connectivity index (χ4v) is 3.25. The van der Waals surface area contributed by atoms with E-state index in [0.717, 1.165) is 12.8 Å². The summed E-state index contributed by atoms with van der Waals surface area (Å²) >= 11 is 0. The second kappa shape index (κ2) is 7.67. The summed E-state index contributed by atoms with van der Waals surface area (Å²) in [6.07, 6.45) is 1.57. The van der Waals surface area contributed by atoms with Gasteiger partial charge in [-0.05, 0) is 49.2 Å². The lowest BCUT2D eigenvalue weighted by molar-refractivity contribution is 0.193. The van der Waals surface area contributed by atoms with Gasteiger partial charge in [0.05, 0.1) is 7.11 Å². The number of hydrogen-bond donors (Lipinski definition) is 1. The van der Waals surface area contributed by atoms with Crippen molar-refractivity contribution in [1.29, 1.82) is 0 Å². The van der Waals surface area contributed by atoms with Gasteiger partial charge >= 0.3 is 6.03 Å². The summed E-state index contributed by atoms with van der Waals surface area (Å²) in [4.78, 5) is 18.9. The van der Waals surface area contributed by atoms with Crippen LogP contribution < -0.4 is 10.1 Å². The molecule has 28 heavy (non-hydrogen) atoms. The van der Waals surface area contributed by atoms with Gasteiger partial charge in [0, 0.05) is 23.9 Å². The van der Waals surface area contributed by atoms with E-state index in [9.17, 15) is 9.18 Å². The summed E-state index contributed by atoms with van der Waals surface area (Å²) in [7, 11) is 1.58. The summed E-state index contributed by atoms with van der Waals surface area (Å²) in [6.45, 7) is 0.592. The molecular weight excluding hydrogens is 363 g/mol. The molecule has 0 radical (unpaired) electrons. The lowest BCUT2D eigenvalue weighted by Crippen LogP contribution is -2.34. The van der Waals surface area contributed by atoms with Crippen molar-refractivity contribution < 1.29 is 18.4 Å². The van der Waals surface area contributed by atoms with Crippen LogP contribution in [0.4, 0.5) is 14.9 Å². The lowest BCUT2D eigenvalue weighted by atomic mass is 10.2. The molecule has 7 nitrogen and oxygen atoms in total. The Morgan fingerprint density at radius 1 is 1.29 bits per heavy atom. The zero-order valence-corrected chi connectivity index (χ0v) is 15.3. The topological polar surface area (TPSA) is 80.5 Å². The molecule has 3 aromatic rings. The smallest absolute Gasteiger partial charge is 0.322 e. The maximum Gasteiger partial charge on any atom is 0.322 e. The largest absolute Gasteiger partial charge is 0.497 e. The zero-order chi connectivity index (χ0) is 19.5. The molecule has 0 saturated carbocycles. The summed E-state index contributed by atoms with van der Waals surface area (Å²) in [5, 5.41) is 6.86. The summed E-state index contributed by atoms with van der Waals surface area (Å²) < 4.78 is 23.7. The van der Waals surface area contributed by atoms with Crippen LogP contribution in [-0.4, -0.2) is 34.7 Å². The lowest BCUT2D eigenvalue weighted by Gasteiger charge is -2.22. The molecule has 8 heteroatoms. The van der Waals surface area contributed by atoms with E-state index >= 15 is 0 Å². The van der Waals surface area contributed by atoms with Gasteiger partial charge in [-0.2, -0.15) is 4.98 Å². The van der Waals surface area contributed by atoms with E-state index in [2.05, 4.69) is 15.5 Å². The highest BCUT2D eigenvalue weighted by atomic mass is 19.1. The van der Waals surface area contributed by atoms with Crippen LogP contribution in [-0.2, 0) is 0 Å². The minimum absolute atomic E-state index is 0.239. The summed E-state index contributed by atoms with van der Waals surface area (Å²) in [5.74, 6) is 1.08. The first kappa shape index (κ1) is 18.0. The van der Waals surface area contributed by atoms with Crippen LogP contribution in [0.25, 0.3) is 11.4 Å². The number of nitrogens with one attached hydrogen (secondary N) is 1. The van der Waals surface area contributed by atoms with E-state index in [1.165, 1.54) is 12.1 Å². The molecule has 1 unspecified atom stereocenters. The molecule has 0 bridgehead atoms. The first-order chi connectivity index (χ1) is 13.6. The Bertz CT molecular complexity index is 974. The van der Waals surface area contributed by atoms with Crippen LogP contribution in [0.1, 0.15) is 24.8 Å². The number of ether oxygens (including phenoxy) is 1. The fourth-order valence-electron chi connectivity index (χ4n) is 3.25. The number of anilines is 1. The Labute approximate surface area is 161 Å². The number of urea groups is 1. The third kappa shape index (κ3) is 3.66. The van der Waals surface area contributed by atoms with Crippen LogP contribution in [0.2, 0.25) is 0 Å². The monoisotopic (exact) mass is 382 g/mol. The molecule has 0 aliphatic carbocycles. The number of carbonyl (C=O) groups is 1. The van der Waals surface area contributed by atoms with E-state index < -0.39 is 0 Å². The van der Waals surface area contributed by atoms with Gasteiger partial charge < -0.3 is 19.5 Å². The van der Waals surface area contributed by atoms with Gasteiger partial charge in [0.15, 0.2) is 0 Å². The maximum absolute atomic E-state index is 13.1. The Balaban J connectivity index is 1.50. The third-order valence-corrected chi connectivity index (χ3v) is 4.66. The number of carbonyl (C=O) groups excluding carboxylic acids is 1. The van der Waals surface area contributed by atoms with Crippen LogP contribution in [0.15, 0.2) is 53.1 Å². The van der Waals surface area contributed by atoms with Crippen molar-refractivity contribution in [3.05, 3.63) is 60.2 Å². The van der Waals surface area contributed by atoms with Crippen molar-refractivity contribution in [2.75, 3.05) is 19.0 Å². The third-order valence-electron chi connectivity index (χ3n) is 4.66. The molecule has 1 aromatic heterocycles. The van der Waals surface area contributed by atoms with Gasteiger partial charge in [-0.15, -0.1) is 0 Å². The predicted octanol–water partition coefficient (Wildman–Crippen LogP) is 4.25. The number of benzene rings is 2. The van der Waals surface area contributed by atoms with Crippen molar-refractivity contribution in [3.63, 3.8) is 0 Å². The van der Waals surface area contributed by atoms with Gasteiger partial charge in [0.2, 0.25) is 11.7 Å². The van der Waals surface area contributed by atoms with Gasteiger partial charge in [0.25, 0.3) is 0 Å². The van der Waals surface area contributed by atoms with Crippen LogP contribution >= 0.6 is 0 Å². The number of methoxy groups -OCH3 is 1. The maximum atomic E-state index is 13.1. The van der Waals surface area contributed by atoms with E-state index in [1.54, 1.807) is 36.3 Å². The first-order valence-electron chi connectivity index (χ1n) is 8.95. The molecule has 1 aliphatic heterocycles. The molecule has 2 aromatic carbocycles. The zero-order valence-electron chi connectivity index (χ0n) is 15.3. The predicted molar refractivity (Wildman–Crippen MR) is 100 cm³/mol. The normalized spacial score (nSPS) is 16.2. The number of hydrogen-bond acceptors (Lipinski definition) is 5. The highest BCUT2D eigenvalue weighted by molar-refractivity contribution is 5.90.